The largest absolute Gasteiger partial charge is 0.370 e. The van der Waals surface area contributed by atoms with Crippen LogP contribution in [0.2, 0.25) is 0 Å². The summed E-state index contributed by atoms with van der Waals surface area (Å²) in [4.78, 5) is 14.7. The lowest BCUT2D eigenvalue weighted by Gasteiger charge is -2.39. The van der Waals surface area contributed by atoms with E-state index in [1.807, 2.05) is 42.7 Å². The number of hydrogen-bond acceptors (Lipinski definition) is 4. The molecule has 2 aliphatic heterocycles. The van der Waals surface area contributed by atoms with Crippen LogP contribution in [0.15, 0.2) is 67.0 Å². The van der Waals surface area contributed by atoms with Crippen LogP contribution in [0.4, 0.5) is 4.39 Å². The zero-order chi connectivity index (χ0) is 22.7. The number of nitrogens with one attached hydrogen (secondary N) is 1. The minimum Gasteiger partial charge on any atom is -0.370 e. The van der Waals surface area contributed by atoms with Gasteiger partial charge in [-0.15, -0.1) is 0 Å². The van der Waals surface area contributed by atoms with E-state index in [4.69, 9.17) is 4.74 Å². The first kappa shape index (κ1) is 21.8. The van der Waals surface area contributed by atoms with Gasteiger partial charge in [-0.25, -0.2) is 9.07 Å². The molecule has 6 nitrogen and oxygen atoms in total. The molecular formula is C26H29FN4O2. The van der Waals surface area contributed by atoms with Crippen molar-refractivity contribution in [2.45, 2.75) is 43.9 Å². The monoisotopic (exact) mass is 448 g/mol. The topological polar surface area (TPSA) is 59.4 Å². The molecule has 1 amide bonds. The van der Waals surface area contributed by atoms with Crippen LogP contribution >= 0.6 is 0 Å². The van der Waals surface area contributed by atoms with E-state index in [0.29, 0.717) is 12.1 Å². The summed E-state index contributed by atoms with van der Waals surface area (Å²) < 4.78 is 21.4. The number of carbonyl (C=O) groups excluding carboxylic acids is 1. The van der Waals surface area contributed by atoms with Gasteiger partial charge in [-0.1, -0.05) is 18.2 Å². The molecular weight excluding hydrogens is 419 g/mol. The first-order valence-corrected chi connectivity index (χ1v) is 11.6. The van der Waals surface area contributed by atoms with Crippen LogP contribution in [0.1, 0.15) is 41.6 Å². The Bertz CT molecular complexity index is 1080. The van der Waals surface area contributed by atoms with E-state index in [9.17, 15) is 9.18 Å². The Kier molecular flexibility index (Phi) is 6.24. The van der Waals surface area contributed by atoms with Gasteiger partial charge in [0.25, 0.3) is 5.91 Å². The summed E-state index contributed by atoms with van der Waals surface area (Å²) in [6, 6.07) is 15.7. The van der Waals surface area contributed by atoms with E-state index in [1.54, 1.807) is 16.8 Å². The van der Waals surface area contributed by atoms with E-state index in [-0.39, 0.29) is 23.4 Å². The average Bonchev–Trinajstić information content (AvgIpc) is 3.48. The number of halogens is 1. The summed E-state index contributed by atoms with van der Waals surface area (Å²) in [7, 11) is 0. The number of aromatic nitrogens is 2. The zero-order valence-corrected chi connectivity index (χ0v) is 18.6. The van der Waals surface area contributed by atoms with Gasteiger partial charge in [0.05, 0.1) is 23.6 Å². The molecule has 2 aliphatic rings. The van der Waals surface area contributed by atoms with Crippen molar-refractivity contribution >= 4 is 5.91 Å². The first-order chi connectivity index (χ1) is 16.1. The second kappa shape index (κ2) is 9.45. The lowest BCUT2D eigenvalue weighted by atomic mass is 9.88. The highest BCUT2D eigenvalue weighted by Gasteiger charge is 2.42. The van der Waals surface area contributed by atoms with E-state index < -0.39 is 0 Å². The van der Waals surface area contributed by atoms with E-state index >= 15 is 0 Å². The van der Waals surface area contributed by atoms with Crippen LogP contribution < -0.4 is 5.32 Å². The third-order valence-corrected chi connectivity index (χ3v) is 6.77. The fourth-order valence-corrected chi connectivity index (χ4v) is 4.86. The summed E-state index contributed by atoms with van der Waals surface area (Å²) in [6.45, 7) is 3.35. The van der Waals surface area contributed by atoms with Gasteiger partial charge < -0.3 is 10.1 Å². The fraction of sp³-hybridized carbons (Fsp3) is 0.385. The Morgan fingerprint density at radius 2 is 1.85 bits per heavy atom. The third kappa shape index (κ3) is 5.15. The molecule has 0 aliphatic carbocycles. The summed E-state index contributed by atoms with van der Waals surface area (Å²) in [5.74, 6) is -0.292. The highest BCUT2D eigenvalue weighted by atomic mass is 19.1. The number of ether oxygens (including phenoxy) is 1. The molecule has 2 saturated heterocycles. The Morgan fingerprint density at radius 3 is 2.61 bits per heavy atom. The minimum absolute atomic E-state index is 0.0452. The van der Waals surface area contributed by atoms with Crippen molar-refractivity contribution in [2.75, 3.05) is 19.6 Å². The first-order valence-electron chi connectivity index (χ1n) is 11.6. The standard InChI is InChI=1S/C26H29FN4O2/c27-22-6-8-23(9-7-22)31-19-20(16-29-31)18-30-14-12-26(13-15-30)11-10-24(33-26)17-28-25(32)21-4-2-1-3-5-21/h1-9,16,19,24H,10-15,17-18H2,(H,28,32). The van der Waals surface area contributed by atoms with Crippen molar-refractivity contribution < 1.29 is 13.9 Å². The van der Waals surface area contributed by atoms with Crippen LogP contribution in [-0.4, -0.2) is 51.9 Å². The van der Waals surface area contributed by atoms with Gasteiger partial charge in [0, 0.05) is 43.5 Å². The molecule has 3 aromatic rings. The summed E-state index contributed by atoms with van der Waals surface area (Å²) >= 11 is 0. The van der Waals surface area contributed by atoms with Crippen LogP contribution in [0.25, 0.3) is 5.69 Å². The molecule has 0 radical (unpaired) electrons. The maximum atomic E-state index is 13.2. The fourth-order valence-electron chi connectivity index (χ4n) is 4.86. The smallest absolute Gasteiger partial charge is 0.251 e. The summed E-state index contributed by atoms with van der Waals surface area (Å²) in [5.41, 5.74) is 2.62. The molecule has 33 heavy (non-hydrogen) atoms. The molecule has 1 spiro atoms. The Hall–Kier alpha value is -3.03. The number of likely N-dealkylation sites (tertiary alicyclic amines) is 1. The van der Waals surface area contributed by atoms with Crippen molar-refractivity contribution in [3.63, 3.8) is 0 Å². The molecule has 0 saturated carbocycles. The molecule has 2 aromatic carbocycles. The predicted octanol–water partition coefficient (Wildman–Crippen LogP) is 3.96. The van der Waals surface area contributed by atoms with Crippen LogP contribution in [0.5, 0.6) is 0 Å². The van der Waals surface area contributed by atoms with Crippen molar-refractivity contribution in [3.8, 4) is 5.69 Å². The minimum atomic E-state index is -0.247. The van der Waals surface area contributed by atoms with Gasteiger partial charge in [0.2, 0.25) is 0 Å². The Labute approximate surface area is 193 Å². The molecule has 1 unspecified atom stereocenters. The summed E-state index contributed by atoms with van der Waals surface area (Å²) in [6.07, 6.45) is 8.01. The SMILES string of the molecule is O=C(NCC1CCC2(CCN(Cc3cnn(-c4ccc(F)cc4)c3)CC2)O1)c1ccccc1. The van der Waals surface area contributed by atoms with Gasteiger partial charge in [-0.05, 0) is 62.1 Å². The van der Waals surface area contributed by atoms with Gasteiger partial charge in [-0.2, -0.15) is 5.10 Å². The van der Waals surface area contributed by atoms with Gasteiger partial charge in [0.15, 0.2) is 0 Å². The molecule has 2 fully saturated rings. The van der Waals surface area contributed by atoms with Gasteiger partial charge in [0.1, 0.15) is 5.82 Å². The zero-order valence-electron chi connectivity index (χ0n) is 18.6. The van der Waals surface area contributed by atoms with Crippen molar-refractivity contribution in [2.24, 2.45) is 0 Å². The van der Waals surface area contributed by atoms with E-state index in [1.165, 1.54) is 12.1 Å². The molecule has 3 heterocycles. The molecule has 1 aromatic heterocycles. The maximum Gasteiger partial charge on any atom is 0.251 e. The Balaban J connectivity index is 1.09. The highest BCUT2D eigenvalue weighted by molar-refractivity contribution is 5.94. The normalized spacial score (nSPS) is 20.2. The van der Waals surface area contributed by atoms with Gasteiger partial charge in [-0.3, -0.25) is 9.69 Å². The van der Waals surface area contributed by atoms with Gasteiger partial charge >= 0.3 is 0 Å². The van der Waals surface area contributed by atoms with Crippen LogP contribution in [0.3, 0.4) is 0 Å². The van der Waals surface area contributed by atoms with Crippen molar-refractivity contribution in [1.29, 1.82) is 0 Å². The number of hydrogen-bond donors (Lipinski definition) is 1. The molecule has 5 rings (SSSR count). The number of nitrogens with zero attached hydrogens (tertiary/aromatic N) is 3. The lowest BCUT2D eigenvalue weighted by molar-refractivity contribution is -0.0764. The van der Waals surface area contributed by atoms with Crippen molar-refractivity contribution in [3.05, 3.63) is 83.9 Å². The number of piperidine rings is 1. The van der Waals surface area contributed by atoms with E-state index in [0.717, 1.165) is 56.6 Å². The van der Waals surface area contributed by atoms with Crippen LogP contribution in [-0.2, 0) is 11.3 Å². The molecule has 1 N–H and O–H groups in total. The summed E-state index contributed by atoms with van der Waals surface area (Å²) in [5, 5.41) is 7.45. The van der Waals surface area contributed by atoms with Crippen molar-refractivity contribution in [1.82, 2.24) is 20.0 Å². The second-order valence-corrected chi connectivity index (χ2v) is 9.08. The number of carbonyl (C=O) groups is 1. The second-order valence-electron chi connectivity index (χ2n) is 9.08. The quantitative estimate of drug-likeness (QED) is 0.620. The molecule has 172 valence electrons. The molecule has 7 heteroatoms. The molecule has 1 atom stereocenters. The highest BCUT2D eigenvalue weighted by Crippen LogP contribution is 2.39. The third-order valence-electron chi connectivity index (χ3n) is 6.77. The Morgan fingerprint density at radius 1 is 1.09 bits per heavy atom. The number of rotatable bonds is 6. The number of benzene rings is 2. The lowest BCUT2D eigenvalue weighted by Crippen LogP contribution is -2.44. The maximum absolute atomic E-state index is 13.2. The average molecular weight is 449 g/mol. The number of amides is 1. The molecule has 0 bridgehead atoms. The van der Waals surface area contributed by atoms with Crippen LogP contribution in [0, 0.1) is 5.82 Å². The predicted molar refractivity (Wildman–Crippen MR) is 124 cm³/mol. The van der Waals surface area contributed by atoms with E-state index in [2.05, 4.69) is 15.3 Å².